The van der Waals surface area contributed by atoms with Gasteiger partial charge in [-0.15, -0.1) is 0 Å². The van der Waals surface area contributed by atoms with Gasteiger partial charge in [0.1, 0.15) is 6.54 Å². The van der Waals surface area contributed by atoms with Gasteiger partial charge in [0, 0.05) is 18.6 Å². The van der Waals surface area contributed by atoms with Crippen molar-refractivity contribution in [2.24, 2.45) is 0 Å². The molecule has 0 N–H and O–H groups in total. The molecule has 0 saturated carbocycles. The highest BCUT2D eigenvalue weighted by Crippen LogP contribution is 2.37. The van der Waals surface area contributed by atoms with Crippen LogP contribution in [0.2, 0.25) is 0 Å². The number of aromatic nitrogens is 1. The molecule has 268 valence electrons. The molecule has 1 aromatic heterocycles. The molecule has 0 atom stereocenters. The number of quaternary nitrogens is 1. The van der Waals surface area contributed by atoms with Gasteiger partial charge >= 0.3 is 22.0 Å². The number of rotatable bonds is 10. The zero-order valence-electron chi connectivity index (χ0n) is 22.6. The molecular formula is C17H24F12N4O8S4. The summed E-state index contributed by atoms with van der Waals surface area (Å²) in [6, 6.07) is 6.24. The second-order valence-corrected chi connectivity index (χ2v) is 15.9. The van der Waals surface area contributed by atoms with Gasteiger partial charge in [0.25, 0.3) is 0 Å². The summed E-state index contributed by atoms with van der Waals surface area (Å²) in [5, 5.41) is 0. The first-order valence-electron chi connectivity index (χ1n) is 11.0. The molecule has 0 amide bonds. The van der Waals surface area contributed by atoms with Gasteiger partial charge in [-0.3, -0.25) is 0 Å². The van der Waals surface area contributed by atoms with E-state index >= 15 is 0 Å². The molecule has 0 aliphatic rings. The Hall–Kier alpha value is -2.01. The van der Waals surface area contributed by atoms with Gasteiger partial charge in [-0.05, 0) is 12.8 Å². The van der Waals surface area contributed by atoms with E-state index in [-0.39, 0.29) is 0 Å². The van der Waals surface area contributed by atoms with E-state index in [4.69, 9.17) is 0 Å². The fourth-order valence-corrected chi connectivity index (χ4v) is 5.49. The van der Waals surface area contributed by atoms with E-state index in [1.807, 2.05) is 0 Å². The minimum absolute atomic E-state index is 0.778. The number of unbranched alkanes of at least 4 members (excludes halogenated alkanes) is 2. The second-order valence-electron chi connectivity index (χ2n) is 9.02. The van der Waals surface area contributed by atoms with Crippen LogP contribution < -0.4 is 4.57 Å². The Bertz CT molecular complexity index is 1330. The number of nitrogens with zero attached hydrogens (tertiary/aromatic N) is 4. The topological polar surface area (TPSA) is 169 Å². The number of pyridine rings is 1. The molecule has 0 aromatic carbocycles. The molecule has 0 radical (unpaired) electrons. The van der Waals surface area contributed by atoms with Crippen LogP contribution in [-0.4, -0.2) is 87.9 Å². The maximum absolute atomic E-state index is 11.4. The Morgan fingerprint density at radius 2 is 0.800 bits per heavy atom. The molecule has 0 spiro atoms. The molecule has 1 aromatic rings. The first-order valence-corrected chi connectivity index (χ1v) is 16.7. The van der Waals surface area contributed by atoms with Gasteiger partial charge in [0.05, 0.1) is 27.7 Å². The van der Waals surface area contributed by atoms with Gasteiger partial charge in [0.15, 0.2) is 52.5 Å². The van der Waals surface area contributed by atoms with E-state index in [2.05, 4.69) is 56.3 Å². The van der Waals surface area contributed by atoms with Crippen molar-refractivity contribution >= 4 is 40.1 Å². The average Bonchev–Trinajstić information content (AvgIpc) is 2.75. The summed E-state index contributed by atoms with van der Waals surface area (Å²) in [7, 11) is -20.1. The summed E-state index contributed by atoms with van der Waals surface area (Å²) < 4.78 is 222. The second kappa shape index (κ2) is 15.7. The number of alkyl halides is 12. The van der Waals surface area contributed by atoms with Crippen LogP contribution in [0.3, 0.4) is 0 Å². The average molecular weight is 769 g/mol. The zero-order valence-corrected chi connectivity index (χ0v) is 25.9. The third-order valence-corrected chi connectivity index (χ3v) is 9.56. The Balaban J connectivity index is 0. The molecule has 0 aliphatic heterocycles. The monoisotopic (exact) mass is 768 g/mol. The number of aryl methyl sites for hydroxylation is 1. The van der Waals surface area contributed by atoms with Crippen molar-refractivity contribution in [3.05, 3.63) is 38.8 Å². The van der Waals surface area contributed by atoms with E-state index in [1.54, 1.807) is 0 Å². The van der Waals surface area contributed by atoms with Crippen molar-refractivity contribution in [3.63, 3.8) is 0 Å². The molecule has 28 heteroatoms. The van der Waals surface area contributed by atoms with Gasteiger partial charge in [-0.25, -0.2) is 38.2 Å². The third-order valence-electron chi connectivity index (χ3n) is 4.09. The minimum Gasteiger partial charge on any atom is -0.421 e. The smallest absolute Gasteiger partial charge is 0.421 e. The van der Waals surface area contributed by atoms with E-state index in [0.717, 1.165) is 19.3 Å². The Morgan fingerprint density at radius 3 is 1.04 bits per heavy atom. The van der Waals surface area contributed by atoms with E-state index in [1.165, 1.54) is 25.8 Å². The Morgan fingerprint density at radius 1 is 0.511 bits per heavy atom. The maximum Gasteiger partial charge on any atom is 0.480 e. The minimum atomic E-state index is -6.72. The summed E-state index contributed by atoms with van der Waals surface area (Å²) in [6.07, 6.45) is 8.22. The van der Waals surface area contributed by atoms with Crippen LogP contribution in [0.5, 0.6) is 0 Å². The molecule has 0 unspecified atom stereocenters. The molecule has 1 rings (SSSR count). The lowest BCUT2D eigenvalue weighted by molar-refractivity contribution is -0.870. The lowest BCUT2D eigenvalue weighted by Gasteiger charge is -2.23. The van der Waals surface area contributed by atoms with Gasteiger partial charge < -0.3 is 12.7 Å². The molecule has 12 nitrogen and oxygen atoms in total. The number of halogens is 12. The molecule has 0 bridgehead atoms. The standard InChI is InChI=1S/C13H24N2.2C2F6NO4S2/c1-15(2,3)13-9-5-8-12-14-10-6-4-7-11-14;2*3-1(4,5)14(10,11)9-15(12,13)2(6,7)8/h4,6-7,10-11H,5,8-9,12-13H2,1-3H3;;/q+2;2*-1. The summed E-state index contributed by atoms with van der Waals surface area (Å²) in [5.74, 6) is 0. The quantitative estimate of drug-likeness (QED) is 0.149. The highest BCUT2D eigenvalue weighted by Gasteiger charge is 2.48. The highest BCUT2D eigenvalue weighted by atomic mass is 32.3. The summed E-state index contributed by atoms with van der Waals surface area (Å²) in [5.41, 5.74) is -24.8. The van der Waals surface area contributed by atoms with Crippen molar-refractivity contribution in [1.82, 2.24) is 0 Å². The van der Waals surface area contributed by atoms with Crippen LogP contribution in [0.25, 0.3) is 8.25 Å². The predicted molar refractivity (Wildman–Crippen MR) is 130 cm³/mol. The van der Waals surface area contributed by atoms with Crippen LogP contribution in [0.1, 0.15) is 19.3 Å². The summed E-state index contributed by atoms with van der Waals surface area (Å²) in [6.45, 7) is 2.43. The first kappa shape index (κ1) is 45.1. The van der Waals surface area contributed by atoms with Crippen LogP contribution in [0.15, 0.2) is 30.6 Å². The normalized spacial score (nSPS) is 14.1. The van der Waals surface area contributed by atoms with Gasteiger partial charge in [-0.2, -0.15) is 52.7 Å². The largest absolute Gasteiger partial charge is 0.480 e. The molecule has 45 heavy (non-hydrogen) atoms. The van der Waals surface area contributed by atoms with Crippen molar-refractivity contribution < 1.29 is 95.4 Å². The van der Waals surface area contributed by atoms with Gasteiger partial charge in [0.2, 0.25) is 0 Å². The lowest BCUT2D eigenvalue weighted by atomic mass is 10.2. The number of sulfonamides is 4. The fourth-order valence-electron chi connectivity index (χ4n) is 2.07. The highest BCUT2D eigenvalue weighted by molar-refractivity contribution is 8.13. The van der Waals surface area contributed by atoms with Crippen LogP contribution in [0.4, 0.5) is 52.7 Å². The fraction of sp³-hybridized carbons (Fsp3) is 0.706. The van der Waals surface area contributed by atoms with E-state index in [0.29, 0.717) is 0 Å². The first-order chi connectivity index (χ1) is 19.5. The van der Waals surface area contributed by atoms with Crippen molar-refractivity contribution in [1.29, 1.82) is 0 Å². The molecular weight excluding hydrogens is 744 g/mol. The molecule has 0 aliphatic carbocycles. The Labute approximate surface area is 249 Å². The van der Waals surface area contributed by atoms with E-state index in [9.17, 15) is 86.4 Å². The number of hydrogen-bond donors (Lipinski definition) is 0. The lowest BCUT2D eigenvalue weighted by Crippen LogP contribution is -2.35. The van der Waals surface area contributed by atoms with Gasteiger partial charge in [-0.1, -0.05) is 6.07 Å². The Kier molecular flexibility index (Phi) is 15.8. The molecule has 0 fully saturated rings. The third kappa shape index (κ3) is 16.9. The van der Waals surface area contributed by atoms with Crippen LogP contribution >= 0.6 is 0 Å². The summed E-state index contributed by atoms with van der Waals surface area (Å²) >= 11 is 0. The zero-order chi connectivity index (χ0) is 36.6. The molecule has 0 saturated heterocycles. The molecule has 1 heterocycles. The van der Waals surface area contributed by atoms with Crippen molar-refractivity contribution in [2.45, 2.75) is 47.8 Å². The van der Waals surface area contributed by atoms with Crippen LogP contribution in [0, 0.1) is 0 Å². The van der Waals surface area contributed by atoms with E-state index < -0.39 is 62.1 Å². The maximum atomic E-state index is 11.4. The number of hydrogen-bond acceptors (Lipinski definition) is 8. The van der Waals surface area contributed by atoms with Crippen molar-refractivity contribution in [3.8, 4) is 0 Å². The SMILES string of the molecule is C[N+](C)(C)CCCCC[n+]1ccccc1.O=S(=O)([N-]S(=O)(=O)C(F)(F)F)C(F)(F)F.O=S(=O)([N-]S(=O)(=O)C(F)(F)F)C(F)(F)F. The predicted octanol–water partition coefficient (Wildman–Crippen LogP) is 3.97. The van der Waals surface area contributed by atoms with Crippen LogP contribution in [-0.2, 0) is 46.6 Å². The van der Waals surface area contributed by atoms with Crippen molar-refractivity contribution in [2.75, 3.05) is 27.7 Å². The summed E-state index contributed by atoms with van der Waals surface area (Å²) in [4.78, 5) is 0.